The van der Waals surface area contributed by atoms with Gasteiger partial charge in [-0.25, -0.2) is 0 Å². The summed E-state index contributed by atoms with van der Waals surface area (Å²) in [6.07, 6.45) is 63.1. The molecule has 64 heavy (non-hydrogen) atoms. The standard InChI is InChI=1S/C58H107NO5/c1-4-7-10-13-16-19-22-25-27-29-30-32-34-37-40-43-46-49-54(64-58(63)51-48-45-42-39-36-33-31-28-26-23-20-17-14-11-8-5-2)52-57(62)59-55(53-60)56(61)50-47-44-41-38-35-24-21-18-15-12-9-6-3/h8,11,17,20,25-28,54-56,60-61H,4-7,9-10,12-16,18-19,21-24,29-53H2,1-3H3,(H,59,62)/b11-8+,20-17+,27-25+,28-26+. The van der Waals surface area contributed by atoms with Crippen molar-refractivity contribution in [2.24, 2.45) is 0 Å². The zero-order chi connectivity index (χ0) is 46.7. The van der Waals surface area contributed by atoms with E-state index in [1.54, 1.807) is 0 Å². The van der Waals surface area contributed by atoms with Gasteiger partial charge in [0.25, 0.3) is 0 Å². The first-order valence-corrected chi connectivity index (χ1v) is 27.9. The highest BCUT2D eigenvalue weighted by atomic mass is 16.5. The van der Waals surface area contributed by atoms with E-state index < -0.39 is 18.2 Å². The van der Waals surface area contributed by atoms with E-state index in [0.29, 0.717) is 19.3 Å². The summed E-state index contributed by atoms with van der Waals surface area (Å²) in [5.41, 5.74) is 0. The van der Waals surface area contributed by atoms with Crippen molar-refractivity contribution in [2.45, 2.75) is 302 Å². The molecule has 6 nitrogen and oxygen atoms in total. The minimum Gasteiger partial charge on any atom is -0.462 e. The van der Waals surface area contributed by atoms with E-state index in [4.69, 9.17) is 4.74 Å². The Morgan fingerprint density at radius 1 is 0.469 bits per heavy atom. The molecule has 1 amide bonds. The van der Waals surface area contributed by atoms with E-state index >= 15 is 0 Å². The monoisotopic (exact) mass is 898 g/mol. The lowest BCUT2D eigenvalue weighted by Gasteiger charge is -2.24. The van der Waals surface area contributed by atoms with E-state index in [0.717, 1.165) is 83.5 Å². The number of amides is 1. The number of hydrogen-bond acceptors (Lipinski definition) is 5. The van der Waals surface area contributed by atoms with Crippen LogP contribution in [0.2, 0.25) is 0 Å². The predicted molar refractivity (Wildman–Crippen MR) is 278 cm³/mol. The van der Waals surface area contributed by atoms with Crippen molar-refractivity contribution in [3.8, 4) is 0 Å². The molecular formula is C58H107NO5. The highest BCUT2D eigenvalue weighted by Gasteiger charge is 2.24. The molecule has 0 saturated heterocycles. The molecule has 0 aliphatic rings. The molecule has 0 aromatic carbocycles. The van der Waals surface area contributed by atoms with Crippen LogP contribution in [0.4, 0.5) is 0 Å². The van der Waals surface area contributed by atoms with E-state index in [1.165, 1.54) is 154 Å². The Morgan fingerprint density at radius 3 is 1.30 bits per heavy atom. The van der Waals surface area contributed by atoms with E-state index in [1.807, 2.05) is 0 Å². The minimum atomic E-state index is -0.791. The molecule has 0 aromatic heterocycles. The normalized spacial score (nSPS) is 13.5. The number of rotatable bonds is 50. The van der Waals surface area contributed by atoms with Crippen LogP contribution in [-0.2, 0) is 14.3 Å². The first kappa shape index (κ1) is 61.8. The van der Waals surface area contributed by atoms with Gasteiger partial charge in [0.15, 0.2) is 0 Å². The summed E-state index contributed by atoms with van der Waals surface area (Å²) in [6, 6.07) is -0.705. The molecule has 0 aliphatic carbocycles. The van der Waals surface area contributed by atoms with Crippen LogP contribution in [0.15, 0.2) is 48.6 Å². The number of allylic oxidation sites excluding steroid dienone is 8. The molecule has 0 bridgehead atoms. The molecule has 3 atom stereocenters. The quantitative estimate of drug-likeness (QED) is 0.0321. The van der Waals surface area contributed by atoms with Crippen LogP contribution >= 0.6 is 0 Å². The van der Waals surface area contributed by atoms with Crippen LogP contribution in [0, 0.1) is 0 Å². The zero-order valence-corrected chi connectivity index (χ0v) is 42.7. The van der Waals surface area contributed by atoms with Gasteiger partial charge in [-0.05, 0) is 83.5 Å². The Hall–Kier alpha value is -2.18. The number of aliphatic hydroxyl groups excluding tert-OH is 2. The lowest BCUT2D eigenvalue weighted by Crippen LogP contribution is -2.46. The maximum atomic E-state index is 13.2. The average molecular weight is 898 g/mol. The molecule has 3 N–H and O–H groups in total. The smallest absolute Gasteiger partial charge is 0.306 e. The number of esters is 1. The Bertz CT molecular complexity index is 1100. The van der Waals surface area contributed by atoms with Crippen molar-refractivity contribution < 1.29 is 24.5 Å². The van der Waals surface area contributed by atoms with Gasteiger partial charge in [0, 0.05) is 6.42 Å². The molecule has 374 valence electrons. The Morgan fingerprint density at radius 2 is 0.844 bits per heavy atom. The largest absolute Gasteiger partial charge is 0.462 e. The number of ether oxygens (including phenoxy) is 1. The highest BCUT2D eigenvalue weighted by Crippen LogP contribution is 2.18. The lowest BCUT2D eigenvalue weighted by atomic mass is 10.0. The van der Waals surface area contributed by atoms with Crippen LogP contribution in [0.25, 0.3) is 0 Å². The third kappa shape index (κ3) is 46.4. The molecular weight excluding hydrogens is 791 g/mol. The van der Waals surface area contributed by atoms with Gasteiger partial charge in [0.2, 0.25) is 5.91 Å². The Balaban J connectivity index is 4.59. The summed E-state index contributed by atoms with van der Waals surface area (Å²) < 4.78 is 5.95. The molecule has 0 saturated carbocycles. The maximum Gasteiger partial charge on any atom is 0.306 e. The van der Waals surface area contributed by atoms with Crippen LogP contribution < -0.4 is 5.32 Å². The second kappa shape index (κ2) is 51.8. The summed E-state index contributed by atoms with van der Waals surface area (Å²) in [5.74, 6) is -0.483. The lowest BCUT2D eigenvalue weighted by molar-refractivity contribution is -0.151. The summed E-state index contributed by atoms with van der Waals surface area (Å²) in [4.78, 5) is 26.2. The van der Waals surface area contributed by atoms with Crippen LogP contribution in [0.5, 0.6) is 0 Å². The van der Waals surface area contributed by atoms with Gasteiger partial charge in [-0.15, -0.1) is 0 Å². The third-order valence-electron chi connectivity index (χ3n) is 12.6. The molecule has 0 fully saturated rings. The topological polar surface area (TPSA) is 95.9 Å². The van der Waals surface area contributed by atoms with Gasteiger partial charge in [-0.3, -0.25) is 9.59 Å². The Labute approximate surface area is 397 Å². The SMILES string of the molecule is CC/C=C/C/C=C/C/C=C/CCCCCCCCC(=O)OC(CCCCCCCCC/C=C/CCCCCCCC)CC(=O)NC(CO)C(O)CCCCCCCCCCCCCC. The molecule has 3 unspecified atom stereocenters. The summed E-state index contributed by atoms with van der Waals surface area (Å²) in [6.45, 7) is 6.38. The summed E-state index contributed by atoms with van der Waals surface area (Å²) >= 11 is 0. The van der Waals surface area contributed by atoms with Crippen LogP contribution in [0.1, 0.15) is 284 Å². The molecule has 0 aromatic rings. The first-order valence-electron chi connectivity index (χ1n) is 27.9. The van der Waals surface area contributed by atoms with Crippen molar-refractivity contribution >= 4 is 11.9 Å². The van der Waals surface area contributed by atoms with Gasteiger partial charge in [-0.2, -0.15) is 0 Å². The molecule has 0 radical (unpaired) electrons. The summed E-state index contributed by atoms with van der Waals surface area (Å²) in [7, 11) is 0. The number of hydrogen-bond donors (Lipinski definition) is 3. The van der Waals surface area contributed by atoms with Gasteiger partial charge < -0.3 is 20.3 Å². The van der Waals surface area contributed by atoms with Crippen molar-refractivity contribution in [3.05, 3.63) is 48.6 Å². The fraction of sp³-hybridized carbons (Fsp3) is 0.828. The fourth-order valence-electron chi connectivity index (χ4n) is 8.44. The van der Waals surface area contributed by atoms with Gasteiger partial charge in [0.05, 0.1) is 25.2 Å². The number of carbonyl (C=O) groups is 2. The number of aliphatic hydroxyl groups is 2. The van der Waals surface area contributed by atoms with Gasteiger partial charge in [-0.1, -0.05) is 236 Å². The molecule has 0 rings (SSSR count). The average Bonchev–Trinajstić information content (AvgIpc) is 3.29. The van der Waals surface area contributed by atoms with Crippen molar-refractivity contribution in [1.82, 2.24) is 5.32 Å². The fourth-order valence-corrected chi connectivity index (χ4v) is 8.44. The first-order chi connectivity index (χ1) is 31.5. The van der Waals surface area contributed by atoms with Crippen LogP contribution in [-0.4, -0.2) is 46.9 Å². The molecule has 0 heterocycles. The van der Waals surface area contributed by atoms with Gasteiger partial charge >= 0.3 is 5.97 Å². The predicted octanol–water partition coefficient (Wildman–Crippen LogP) is 17.0. The minimum absolute atomic E-state index is 0.0704. The van der Waals surface area contributed by atoms with Crippen molar-refractivity contribution in [3.63, 3.8) is 0 Å². The second-order valence-electron chi connectivity index (χ2n) is 19.0. The van der Waals surface area contributed by atoms with Crippen molar-refractivity contribution in [1.29, 1.82) is 0 Å². The van der Waals surface area contributed by atoms with Gasteiger partial charge in [0.1, 0.15) is 6.10 Å². The summed E-state index contributed by atoms with van der Waals surface area (Å²) in [5, 5.41) is 23.8. The molecule has 6 heteroatoms. The number of unbranched alkanes of at least 4 members (excludes halogenated alkanes) is 30. The number of nitrogens with one attached hydrogen (secondary N) is 1. The maximum absolute atomic E-state index is 13.2. The zero-order valence-electron chi connectivity index (χ0n) is 42.7. The second-order valence-corrected chi connectivity index (χ2v) is 19.0. The van der Waals surface area contributed by atoms with E-state index in [-0.39, 0.29) is 24.9 Å². The molecule has 0 spiro atoms. The Kier molecular flexibility index (Phi) is 50.0. The highest BCUT2D eigenvalue weighted by molar-refractivity contribution is 5.77. The number of carbonyl (C=O) groups excluding carboxylic acids is 2. The molecule has 0 aliphatic heterocycles. The van der Waals surface area contributed by atoms with Crippen LogP contribution in [0.3, 0.4) is 0 Å². The third-order valence-corrected chi connectivity index (χ3v) is 12.6. The van der Waals surface area contributed by atoms with E-state index in [2.05, 4.69) is 74.7 Å². The van der Waals surface area contributed by atoms with E-state index in [9.17, 15) is 19.8 Å². The van der Waals surface area contributed by atoms with Crippen molar-refractivity contribution in [2.75, 3.05) is 6.61 Å².